The minimum Gasteiger partial charge on any atom is -0.472 e. The number of ether oxygens (including phenoxy) is 3. The van der Waals surface area contributed by atoms with Gasteiger partial charge < -0.3 is 19.0 Å². The lowest BCUT2D eigenvalue weighted by atomic mass is 10.3. The third-order valence-electron chi connectivity index (χ3n) is 1.75. The molecule has 0 saturated carbocycles. The molecule has 0 fully saturated rings. The van der Waals surface area contributed by atoms with Crippen molar-refractivity contribution in [2.45, 2.75) is 46.5 Å². The van der Waals surface area contributed by atoms with Crippen molar-refractivity contribution in [2.75, 3.05) is 20.3 Å². The van der Waals surface area contributed by atoms with Crippen LogP contribution in [-0.4, -0.2) is 38.1 Å². The molecule has 0 bridgehead atoms. The maximum absolute atomic E-state index is 5.54. The van der Waals surface area contributed by atoms with Crippen LogP contribution in [0.4, 0.5) is 0 Å². The summed E-state index contributed by atoms with van der Waals surface area (Å²) in [6, 6.07) is 0. The predicted octanol–water partition coefficient (Wildman–Crippen LogP) is 2.16. The molecule has 0 amide bonds. The molecule has 0 saturated heterocycles. The molecular formula is C11H23NO4. The molecule has 5 heteroatoms. The average Bonchev–Trinajstić information content (AvgIpc) is 2.17. The summed E-state index contributed by atoms with van der Waals surface area (Å²) in [5.41, 5.74) is 0. The predicted molar refractivity (Wildman–Crippen MR) is 62.3 cm³/mol. The quantitative estimate of drug-likeness (QED) is 0.292. The van der Waals surface area contributed by atoms with E-state index in [-0.39, 0.29) is 6.10 Å². The van der Waals surface area contributed by atoms with Gasteiger partial charge in [-0.15, -0.1) is 0 Å². The van der Waals surface area contributed by atoms with Gasteiger partial charge >= 0.3 is 0 Å². The molecule has 0 aromatic heterocycles. The lowest BCUT2D eigenvalue weighted by Gasteiger charge is -2.30. The van der Waals surface area contributed by atoms with Gasteiger partial charge in [-0.2, -0.15) is 0 Å². The maximum atomic E-state index is 5.54. The van der Waals surface area contributed by atoms with Gasteiger partial charge in [-0.05, 0) is 39.8 Å². The molecule has 16 heavy (non-hydrogen) atoms. The first-order valence-electron chi connectivity index (χ1n) is 5.56. The Morgan fingerprint density at radius 2 is 1.69 bits per heavy atom. The van der Waals surface area contributed by atoms with Gasteiger partial charge in [0.2, 0.25) is 5.79 Å². The Hall–Kier alpha value is -0.810. The van der Waals surface area contributed by atoms with Crippen molar-refractivity contribution < 1.29 is 19.0 Å². The molecule has 0 atom stereocenters. The highest BCUT2D eigenvalue weighted by Gasteiger charge is 2.35. The van der Waals surface area contributed by atoms with Crippen molar-refractivity contribution >= 4 is 5.90 Å². The average molecular weight is 233 g/mol. The molecular weight excluding hydrogens is 210 g/mol. The first-order chi connectivity index (χ1) is 7.50. The normalized spacial score (nSPS) is 13.1. The molecule has 0 aliphatic carbocycles. The fourth-order valence-corrected chi connectivity index (χ4v) is 1.23. The number of hydrogen-bond donors (Lipinski definition) is 0. The van der Waals surface area contributed by atoms with Gasteiger partial charge in [0.15, 0.2) is 0 Å². The topological polar surface area (TPSA) is 49.3 Å². The van der Waals surface area contributed by atoms with Gasteiger partial charge in [-0.1, -0.05) is 0 Å². The molecule has 0 radical (unpaired) electrons. The van der Waals surface area contributed by atoms with E-state index < -0.39 is 5.79 Å². The van der Waals surface area contributed by atoms with Crippen molar-refractivity contribution in [1.29, 1.82) is 0 Å². The van der Waals surface area contributed by atoms with E-state index in [0.717, 1.165) is 0 Å². The van der Waals surface area contributed by atoms with Crippen LogP contribution < -0.4 is 0 Å². The summed E-state index contributed by atoms with van der Waals surface area (Å²) in [6.45, 7) is 10.3. The van der Waals surface area contributed by atoms with Crippen LogP contribution in [0.25, 0.3) is 0 Å². The Morgan fingerprint density at radius 1 is 1.19 bits per heavy atom. The number of hydrogen-bond acceptors (Lipinski definition) is 5. The highest BCUT2D eigenvalue weighted by molar-refractivity contribution is 5.83. The summed E-state index contributed by atoms with van der Waals surface area (Å²) in [6.07, 6.45) is -0.0193. The van der Waals surface area contributed by atoms with E-state index in [1.807, 2.05) is 27.7 Å². The zero-order valence-electron chi connectivity index (χ0n) is 11.1. The van der Waals surface area contributed by atoms with Crippen molar-refractivity contribution in [2.24, 2.45) is 5.16 Å². The van der Waals surface area contributed by atoms with Crippen LogP contribution in [-0.2, 0) is 19.0 Å². The first-order valence-corrected chi connectivity index (χ1v) is 5.56. The Balaban J connectivity index is 4.85. The van der Waals surface area contributed by atoms with E-state index in [1.165, 1.54) is 7.11 Å². The summed E-state index contributed by atoms with van der Waals surface area (Å²) in [4.78, 5) is 4.75. The van der Waals surface area contributed by atoms with Gasteiger partial charge in [-0.25, -0.2) is 0 Å². The minimum atomic E-state index is -0.996. The van der Waals surface area contributed by atoms with E-state index in [9.17, 15) is 0 Å². The fourth-order valence-electron chi connectivity index (χ4n) is 1.23. The number of rotatable bonds is 7. The molecule has 0 aliphatic rings. The van der Waals surface area contributed by atoms with Gasteiger partial charge in [0.25, 0.3) is 5.90 Å². The maximum Gasteiger partial charge on any atom is 0.286 e. The molecule has 0 unspecified atom stereocenters. The summed E-state index contributed by atoms with van der Waals surface area (Å²) < 4.78 is 16.6. The monoisotopic (exact) mass is 233 g/mol. The van der Waals surface area contributed by atoms with Crippen LogP contribution in [0.3, 0.4) is 0 Å². The highest BCUT2D eigenvalue weighted by Crippen LogP contribution is 2.17. The smallest absolute Gasteiger partial charge is 0.286 e. The van der Waals surface area contributed by atoms with E-state index in [2.05, 4.69) is 5.16 Å². The highest BCUT2D eigenvalue weighted by atomic mass is 16.7. The summed E-state index contributed by atoms with van der Waals surface area (Å²) in [7, 11) is 1.46. The molecule has 96 valence electrons. The third-order valence-corrected chi connectivity index (χ3v) is 1.75. The Morgan fingerprint density at radius 3 is 2.00 bits per heavy atom. The van der Waals surface area contributed by atoms with Crippen molar-refractivity contribution in [3.63, 3.8) is 0 Å². The second kappa shape index (κ2) is 7.46. The zero-order chi connectivity index (χ0) is 12.6. The Kier molecular flexibility index (Phi) is 7.08. The van der Waals surface area contributed by atoms with Crippen molar-refractivity contribution in [1.82, 2.24) is 0 Å². The van der Waals surface area contributed by atoms with Crippen LogP contribution in [0.15, 0.2) is 5.16 Å². The zero-order valence-corrected chi connectivity index (χ0v) is 11.1. The summed E-state index contributed by atoms with van der Waals surface area (Å²) >= 11 is 0. The van der Waals surface area contributed by atoms with Crippen LogP contribution >= 0.6 is 0 Å². The third kappa shape index (κ3) is 4.81. The second-order valence-corrected chi connectivity index (χ2v) is 3.56. The second-order valence-electron chi connectivity index (χ2n) is 3.56. The van der Waals surface area contributed by atoms with Gasteiger partial charge in [0.1, 0.15) is 7.11 Å². The van der Waals surface area contributed by atoms with Gasteiger partial charge in [0.05, 0.1) is 6.10 Å². The van der Waals surface area contributed by atoms with Gasteiger partial charge in [-0.3, -0.25) is 0 Å². The van der Waals surface area contributed by atoms with Crippen molar-refractivity contribution in [3.8, 4) is 0 Å². The molecule has 0 N–H and O–H groups in total. The van der Waals surface area contributed by atoms with Crippen LogP contribution in [0.1, 0.15) is 34.6 Å². The molecule has 0 heterocycles. The fraction of sp³-hybridized carbons (Fsp3) is 0.909. The standard InChI is InChI=1S/C11H23NO4/c1-7-14-11(5,15-8-2)10(12-13-6)16-9(3)4/h9H,7-8H2,1-6H3/b12-10-. The first kappa shape index (κ1) is 15.2. The van der Waals surface area contributed by atoms with E-state index in [1.54, 1.807) is 6.92 Å². The van der Waals surface area contributed by atoms with Crippen molar-refractivity contribution in [3.05, 3.63) is 0 Å². The van der Waals surface area contributed by atoms with Crippen LogP contribution in [0.2, 0.25) is 0 Å². The van der Waals surface area contributed by atoms with E-state index in [4.69, 9.17) is 19.0 Å². The molecule has 0 rings (SSSR count). The summed E-state index contributed by atoms with van der Waals surface area (Å²) in [5, 5.41) is 3.82. The lowest BCUT2D eigenvalue weighted by Crippen LogP contribution is -2.44. The Labute approximate surface area is 97.7 Å². The number of oxime groups is 1. The molecule has 0 aromatic rings. The van der Waals surface area contributed by atoms with E-state index >= 15 is 0 Å². The van der Waals surface area contributed by atoms with Crippen LogP contribution in [0, 0.1) is 0 Å². The Bertz CT molecular complexity index is 210. The lowest BCUT2D eigenvalue weighted by molar-refractivity contribution is -0.185. The largest absolute Gasteiger partial charge is 0.472 e. The van der Waals surface area contributed by atoms with Crippen LogP contribution in [0.5, 0.6) is 0 Å². The molecule has 0 spiro atoms. The SMILES string of the molecule is CCOC(C)(OCC)/C(=N/OC)OC(C)C. The molecule has 5 nitrogen and oxygen atoms in total. The van der Waals surface area contributed by atoms with Gasteiger partial charge in [0, 0.05) is 13.2 Å². The molecule has 0 aromatic carbocycles. The summed E-state index contributed by atoms with van der Waals surface area (Å²) in [5.74, 6) is -0.697. The van der Waals surface area contributed by atoms with E-state index in [0.29, 0.717) is 19.1 Å². The molecule has 0 aliphatic heterocycles. The minimum absolute atomic E-state index is 0.0193. The number of nitrogens with zero attached hydrogens (tertiary/aromatic N) is 1.